The van der Waals surface area contributed by atoms with Gasteiger partial charge >= 0.3 is 0 Å². The normalized spacial score (nSPS) is 18.4. The maximum absolute atomic E-state index is 9.96. The molecule has 1 atom stereocenters. The van der Waals surface area contributed by atoms with E-state index in [4.69, 9.17) is 10.00 Å². The lowest BCUT2D eigenvalue weighted by Gasteiger charge is -2.30. The van der Waals surface area contributed by atoms with Crippen LogP contribution in [0.15, 0.2) is 24.3 Å². The monoisotopic (exact) mass is 276 g/mol. The smallest absolute Gasteiger partial charge is 0.120 e. The van der Waals surface area contributed by atoms with Crippen molar-refractivity contribution in [2.45, 2.75) is 25.0 Å². The molecule has 2 rings (SSSR count). The summed E-state index contributed by atoms with van der Waals surface area (Å²) < 4.78 is 5.50. The van der Waals surface area contributed by atoms with Gasteiger partial charge in [0.15, 0.2) is 0 Å². The number of β-amino-alcohol motifs (C(OH)–C–C–N with tert-alkyl or cyclic N) is 1. The van der Waals surface area contributed by atoms with E-state index in [1.807, 2.05) is 0 Å². The molecule has 0 amide bonds. The van der Waals surface area contributed by atoms with Crippen LogP contribution < -0.4 is 4.74 Å². The number of likely N-dealkylation sites (tertiary alicyclic amines) is 1. The molecule has 1 heterocycles. The van der Waals surface area contributed by atoms with Crippen LogP contribution in [0.3, 0.4) is 0 Å². The summed E-state index contributed by atoms with van der Waals surface area (Å²) in [6.45, 7) is 2.36. The van der Waals surface area contributed by atoms with Gasteiger partial charge in [-0.15, -0.1) is 0 Å². The van der Waals surface area contributed by atoms with E-state index in [-0.39, 0.29) is 12.7 Å². The molecule has 108 valence electrons. The van der Waals surface area contributed by atoms with Gasteiger partial charge in [-0.1, -0.05) is 6.07 Å². The molecule has 0 bridgehead atoms. The van der Waals surface area contributed by atoms with Gasteiger partial charge in [0.1, 0.15) is 18.5 Å². The Balaban J connectivity index is 1.74. The molecule has 5 heteroatoms. The number of hydrogen-bond donors (Lipinski definition) is 2. The van der Waals surface area contributed by atoms with E-state index in [1.165, 1.54) is 0 Å². The highest BCUT2D eigenvalue weighted by atomic mass is 16.5. The van der Waals surface area contributed by atoms with Crippen molar-refractivity contribution in [3.05, 3.63) is 29.8 Å². The third-order valence-electron chi connectivity index (χ3n) is 3.43. The second-order valence-electron chi connectivity index (χ2n) is 5.14. The van der Waals surface area contributed by atoms with Crippen LogP contribution in [0, 0.1) is 11.3 Å². The summed E-state index contributed by atoms with van der Waals surface area (Å²) in [5, 5.41) is 28.2. The van der Waals surface area contributed by atoms with Gasteiger partial charge in [-0.2, -0.15) is 5.26 Å². The number of rotatable bonds is 5. The second kappa shape index (κ2) is 7.25. The van der Waals surface area contributed by atoms with Crippen LogP contribution in [-0.2, 0) is 0 Å². The summed E-state index contributed by atoms with van der Waals surface area (Å²) in [6.07, 6.45) is 0.750. The van der Waals surface area contributed by atoms with E-state index in [0.717, 1.165) is 25.9 Å². The van der Waals surface area contributed by atoms with E-state index in [1.54, 1.807) is 24.3 Å². The first-order valence-electron chi connectivity index (χ1n) is 6.89. The van der Waals surface area contributed by atoms with Gasteiger partial charge in [-0.25, -0.2) is 0 Å². The largest absolute Gasteiger partial charge is 0.491 e. The van der Waals surface area contributed by atoms with Crippen molar-refractivity contribution in [3.63, 3.8) is 0 Å². The third-order valence-corrected chi connectivity index (χ3v) is 3.43. The van der Waals surface area contributed by atoms with E-state index < -0.39 is 6.10 Å². The summed E-state index contributed by atoms with van der Waals surface area (Å²) >= 11 is 0. The fourth-order valence-electron chi connectivity index (χ4n) is 2.30. The van der Waals surface area contributed by atoms with E-state index in [2.05, 4.69) is 11.0 Å². The van der Waals surface area contributed by atoms with Crippen molar-refractivity contribution in [1.29, 1.82) is 5.26 Å². The first kappa shape index (κ1) is 14.8. The van der Waals surface area contributed by atoms with Crippen LogP contribution in [0.4, 0.5) is 0 Å². The second-order valence-corrected chi connectivity index (χ2v) is 5.14. The number of piperidine rings is 1. The number of ether oxygens (including phenoxy) is 1. The third kappa shape index (κ3) is 4.49. The minimum Gasteiger partial charge on any atom is -0.491 e. The summed E-state index contributed by atoms with van der Waals surface area (Å²) in [4.78, 5) is 2.13. The predicted octanol–water partition coefficient (Wildman–Crippen LogP) is 0.755. The van der Waals surface area contributed by atoms with Crippen molar-refractivity contribution >= 4 is 0 Å². The maximum Gasteiger partial charge on any atom is 0.120 e. The van der Waals surface area contributed by atoms with Gasteiger partial charge in [-0.05, 0) is 31.0 Å². The summed E-state index contributed by atoms with van der Waals surface area (Å²) in [5.74, 6) is 0.595. The van der Waals surface area contributed by atoms with Gasteiger partial charge in [0.25, 0.3) is 0 Å². The Morgan fingerprint density at radius 1 is 1.40 bits per heavy atom. The SMILES string of the molecule is N#Cc1cccc(OCC(O)CN2CCC(O)CC2)c1. The highest BCUT2D eigenvalue weighted by molar-refractivity contribution is 5.36. The van der Waals surface area contributed by atoms with Crippen LogP contribution in [0.2, 0.25) is 0 Å². The fraction of sp³-hybridized carbons (Fsp3) is 0.533. The Morgan fingerprint density at radius 3 is 2.85 bits per heavy atom. The van der Waals surface area contributed by atoms with Crippen molar-refractivity contribution in [2.75, 3.05) is 26.2 Å². The molecule has 1 aliphatic rings. The number of hydrogen-bond acceptors (Lipinski definition) is 5. The van der Waals surface area contributed by atoms with Gasteiger partial charge in [0.2, 0.25) is 0 Å². The van der Waals surface area contributed by atoms with Crippen LogP contribution in [0.5, 0.6) is 5.75 Å². The molecule has 1 aromatic rings. The van der Waals surface area contributed by atoms with Crippen molar-refractivity contribution in [2.24, 2.45) is 0 Å². The zero-order valence-corrected chi connectivity index (χ0v) is 11.4. The highest BCUT2D eigenvalue weighted by Gasteiger charge is 2.19. The number of nitriles is 1. The predicted molar refractivity (Wildman–Crippen MR) is 74.3 cm³/mol. The Bertz CT molecular complexity index is 464. The number of aliphatic hydroxyl groups excluding tert-OH is 2. The quantitative estimate of drug-likeness (QED) is 0.830. The molecule has 1 aliphatic heterocycles. The molecule has 0 radical (unpaired) electrons. The van der Waals surface area contributed by atoms with Crippen molar-refractivity contribution in [1.82, 2.24) is 4.90 Å². The molecule has 2 N–H and O–H groups in total. The molecule has 1 aromatic carbocycles. The van der Waals surface area contributed by atoms with Crippen LogP contribution >= 0.6 is 0 Å². The van der Waals surface area contributed by atoms with Crippen LogP contribution in [-0.4, -0.2) is 53.6 Å². The van der Waals surface area contributed by atoms with Crippen molar-refractivity contribution in [3.8, 4) is 11.8 Å². The van der Waals surface area contributed by atoms with Gasteiger partial charge in [0, 0.05) is 19.6 Å². The number of benzene rings is 1. The molecule has 0 saturated carbocycles. The van der Waals surface area contributed by atoms with E-state index in [0.29, 0.717) is 17.9 Å². The maximum atomic E-state index is 9.96. The lowest BCUT2D eigenvalue weighted by Crippen LogP contribution is -2.41. The summed E-state index contributed by atoms with van der Waals surface area (Å²) in [7, 11) is 0. The molecule has 20 heavy (non-hydrogen) atoms. The molecule has 0 aliphatic carbocycles. The molecular formula is C15H20N2O3. The van der Waals surface area contributed by atoms with E-state index >= 15 is 0 Å². The topological polar surface area (TPSA) is 76.7 Å². The fourth-order valence-corrected chi connectivity index (χ4v) is 2.30. The molecule has 0 aromatic heterocycles. The molecule has 1 saturated heterocycles. The zero-order valence-electron chi connectivity index (χ0n) is 11.4. The summed E-state index contributed by atoms with van der Waals surface area (Å²) in [6, 6.07) is 8.94. The highest BCUT2D eigenvalue weighted by Crippen LogP contribution is 2.14. The summed E-state index contributed by atoms with van der Waals surface area (Å²) in [5.41, 5.74) is 0.544. The minimum absolute atomic E-state index is 0.201. The van der Waals surface area contributed by atoms with Crippen LogP contribution in [0.25, 0.3) is 0 Å². The molecule has 1 unspecified atom stereocenters. The lowest BCUT2D eigenvalue weighted by atomic mass is 10.1. The molecule has 1 fully saturated rings. The number of nitrogens with zero attached hydrogens (tertiary/aromatic N) is 2. The Kier molecular flexibility index (Phi) is 5.36. The first-order valence-corrected chi connectivity index (χ1v) is 6.89. The first-order chi connectivity index (χ1) is 9.67. The Labute approximate surface area is 119 Å². The molecular weight excluding hydrogens is 256 g/mol. The zero-order chi connectivity index (χ0) is 14.4. The van der Waals surface area contributed by atoms with Gasteiger partial charge in [-0.3, -0.25) is 0 Å². The Hall–Kier alpha value is -1.61. The number of aliphatic hydroxyl groups is 2. The standard InChI is InChI=1S/C15H20N2O3/c16-9-12-2-1-3-15(8-12)20-11-14(19)10-17-6-4-13(18)5-7-17/h1-3,8,13-14,18-19H,4-7,10-11H2. The molecule has 0 spiro atoms. The average Bonchev–Trinajstić information content (AvgIpc) is 2.48. The Morgan fingerprint density at radius 2 is 2.15 bits per heavy atom. The van der Waals surface area contributed by atoms with Gasteiger partial charge in [0.05, 0.1) is 17.7 Å². The van der Waals surface area contributed by atoms with Crippen molar-refractivity contribution < 1.29 is 14.9 Å². The van der Waals surface area contributed by atoms with Gasteiger partial charge < -0.3 is 19.8 Å². The molecule has 5 nitrogen and oxygen atoms in total. The minimum atomic E-state index is -0.573. The lowest BCUT2D eigenvalue weighted by molar-refractivity contribution is 0.0337. The van der Waals surface area contributed by atoms with E-state index in [9.17, 15) is 10.2 Å². The average molecular weight is 276 g/mol. The van der Waals surface area contributed by atoms with Crippen LogP contribution in [0.1, 0.15) is 18.4 Å².